The second-order valence-corrected chi connectivity index (χ2v) is 6.00. The van der Waals surface area contributed by atoms with Gasteiger partial charge in [0.25, 0.3) is 0 Å². The van der Waals surface area contributed by atoms with Crippen molar-refractivity contribution in [2.75, 3.05) is 31.1 Å². The van der Waals surface area contributed by atoms with E-state index in [1.807, 2.05) is 12.1 Å². The molecule has 0 amide bonds. The quantitative estimate of drug-likeness (QED) is 0.864. The fourth-order valence-electron chi connectivity index (χ4n) is 3.38. The number of aryl methyl sites for hydroxylation is 1. The summed E-state index contributed by atoms with van der Waals surface area (Å²) in [5.41, 5.74) is 0.713. The second-order valence-electron chi connectivity index (χ2n) is 6.00. The van der Waals surface area contributed by atoms with Crippen molar-refractivity contribution in [3.05, 3.63) is 41.7 Å². The molecule has 1 fully saturated rings. The molecule has 0 atom stereocenters. The highest BCUT2D eigenvalue weighted by Gasteiger charge is 2.23. The molecule has 0 spiro atoms. The summed E-state index contributed by atoms with van der Waals surface area (Å²) in [6, 6.07) is 7.02. The Morgan fingerprint density at radius 1 is 1.00 bits per heavy atom. The normalized spacial score (nSPS) is 18.7. The number of fused-ring (bicyclic) bond motifs is 1. The molecule has 0 saturated carbocycles. The van der Waals surface area contributed by atoms with E-state index in [2.05, 4.69) is 24.6 Å². The number of hydrogen-bond acceptors (Lipinski definition) is 4. The van der Waals surface area contributed by atoms with Crippen LogP contribution in [0.4, 0.5) is 10.1 Å². The van der Waals surface area contributed by atoms with E-state index in [1.165, 1.54) is 12.5 Å². The van der Waals surface area contributed by atoms with Crippen molar-refractivity contribution in [1.82, 2.24) is 19.7 Å². The third-order valence-corrected chi connectivity index (χ3v) is 4.62. The van der Waals surface area contributed by atoms with Crippen molar-refractivity contribution in [1.29, 1.82) is 0 Å². The van der Waals surface area contributed by atoms with Gasteiger partial charge in [0.15, 0.2) is 0 Å². The van der Waals surface area contributed by atoms with E-state index in [9.17, 15) is 4.39 Å². The number of hydrogen-bond donors (Lipinski definition) is 0. The standard InChI is InChI=1S/C16H20FN5/c17-13-4-1-2-5-14(13)21-10-8-20(9-11-21)12-16-19-18-15-6-3-7-22(15)16/h1-2,4-5H,3,6-12H2. The summed E-state index contributed by atoms with van der Waals surface area (Å²) < 4.78 is 16.1. The Bertz CT molecular complexity index is 660. The molecule has 2 aromatic rings. The lowest BCUT2D eigenvalue weighted by atomic mass is 10.2. The number of rotatable bonds is 3. The van der Waals surface area contributed by atoms with E-state index in [4.69, 9.17) is 0 Å². The average molecular weight is 301 g/mol. The molecule has 1 saturated heterocycles. The van der Waals surface area contributed by atoms with Crippen LogP contribution in [0, 0.1) is 5.82 Å². The minimum Gasteiger partial charge on any atom is -0.367 e. The first-order valence-electron chi connectivity index (χ1n) is 7.94. The maximum Gasteiger partial charge on any atom is 0.147 e. The van der Waals surface area contributed by atoms with Crippen molar-refractivity contribution < 1.29 is 4.39 Å². The van der Waals surface area contributed by atoms with Gasteiger partial charge < -0.3 is 9.47 Å². The zero-order chi connectivity index (χ0) is 14.9. The van der Waals surface area contributed by atoms with Gasteiger partial charge in [0.1, 0.15) is 17.5 Å². The summed E-state index contributed by atoms with van der Waals surface area (Å²) in [6.07, 6.45) is 2.23. The summed E-state index contributed by atoms with van der Waals surface area (Å²) in [5.74, 6) is 2.07. The second kappa shape index (κ2) is 5.68. The molecular formula is C16H20FN5. The molecule has 3 heterocycles. The predicted molar refractivity (Wildman–Crippen MR) is 82.2 cm³/mol. The molecule has 0 aliphatic carbocycles. The van der Waals surface area contributed by atoms with Crippen molar-refractivity contribution >= 4 is 5.69 Å². The van der Waals surface area contributed by atoms with Crippen LogP contribution in [0.25, 0.3) is 0 Å². The molecule has 116 valence electrons. The number of piperazine rings is 1. The topological polar surface area (TPSA) is 37.2 Å². The van der Waals surface area contributed by atoms with Crippen LogP contribution in [0.2, 0.25) is 0 Å². The summed E-state index contributed by atoms with van der Waals surface area (Å²) in [7, 11) is 0. The number of aromatic nitrogens is 3. The van der Waals surface area contributed by atoms with Crippen molar-refractivity contribution in [2.24, 2.45) is 0 Å². The van der Waals surface area contributed by atoms with E-state index in [0.29, 0.717) is 5.69 Å². The zero-order valence-electron chi connectivity index (χ0n) is 12.6. The molecule has 5 nitrogen and oxygen atoms in total. The molecule has 2 aliphatic heterocycles. The molecule has 0 radical (unpaired) electrons. The Morgan fingerprint density at radius 2 is 1.82 bits per heavy atom. The van der Waals surface area contributed by atoms with Gasteiger partial charge in [-0.3, -0.25) is 4.90 Å². The first-order valence-corrected chi connectivity index (χ1v) is 7.94. The molecule has 2 aliphatic rings. The fraction of sp³-hybridized carbons (Fsp3) is 0.500. The summed E-state index contributed by atoms with van der Waals surface area (Å²) in [4.78, 5) is 4.51. The molecule has 0 unspecified atom stereocenters. The molecule has 22 heavy (non-hydrogen) atoms. The lowest BCUT2D eigenvalue weighted by Gasteiger charge is -2.35. The van der Waals surface area contributed by atoms with Gasteiger partial charge in [-0.2, -0.15) is 0 Å². The largest absolute Gasteiger partial charge is 0.367 e. The summed E-state index contributed by atoms with van der Waals surface area (Å²) in [5, 5.41) is 8.58. The van der Waals surface area contributed by atoms with Gasteiger partial charge in [0, 0.05) is 39.1 Å². The van der Waals surface area contributed by atoms with E-state index in [1.54, 1.807) is 6.07 Å². The number of anilines is 1. The lowest BCUT2D eigenvalue weighted by Crippen LogP contribution is -2.46. The van der Waals surface area contributed by atoms with Crippen LogP contribution in [-0.2, 0) is 19.5 Å². The van der Waals surface area contributed by atoms with Crippen LogP contribution in [-0.4, -0.2) is 45.8 Å². The highest BCUT2D eigenvalue weighted by Crippen LogP contribution is 2.21. The third kappa shape index (κ3) is 2.47. The van der Waals surface area contributed by atoms with Crippen LogP contribution in [0.3, 0.4) is 0 Å². The molecule has 4 rings (SSSR count). The van der Waals surface area contributed by atoms with Crippen molar-refractivity contribution in [3.63, 3.8) is 0 Å². The maximum absolute atomic E-state index is 13.8. The SMILES string of the molecule is Fc1ccccc1N1CCN(Cc2nnc3n2CCC3)CC1. The van der Waals surface area contributed by atoms with Crippen LogP contribution in [0.15, 0.2) is 24.3 Å². The molecule has 1 aromatic carbocycles. The minimum absolute atomic E-state index is 0.133. The minimum atomic E-state index is -0.133. The van der Waals surface area contributed by atoms with Gasteiger partial charge in [-0.25, -0.2) is 4.39 Å². The average Bonchev–Trinajstić information content (AvgIpc) is 3.14. The molecule has 6 heteroatoms. The first kappa shape index (κ1) is 13.7. The lowest BCUT2D eigenvalue weighted by molar-refractivity contribution is 0.240. The highest BCUT2D eigenvalue weighted by molar-refractivity contribution is 5.47. The highest BCUT2D eigenvalue weighted by atomic mass is 19.1. The van der Waals surface area contributed by atoms with Gasteiger partial charge >= 0.3 is 0 Å². The van der Waals surface area contributed by atoms with Crippen LogP contribution >= 0.6 is 0 Å². The molecule has 0 bridgehead atoms. The summed E-state index contributed by atoms with van der Waals surface area (Å²) in [6.45, 7) is 5.45. The Morgan fingerprint density at radius 3 is 2.64 bits per heavy atom. The molecule has 0 N–H and O–H groups in total. The van der Waals surface area contributed by atoms with Crippen molar-refractivity contribution in [3.8, 4) is 0 Å². The van der Waals surface area contributed by atoms with Gasteiger partial charge in [0.2, 0.25) is 0 Å². The smallest absolute Gasteiger partial charge is 0.147 e. The van der Waals surface area contributed by atoms with E-state index in [-0.39, 0.29) is 5.82 Å². The zero-order valence-corrected chi connectivity index (χ0v) is 12.6. The monoisotopic (exact) mass is 301 g/mol. The Balaban J connectivity index is 1.39. The first-order chi connectivity index (χ1) is 10.8. The van der Waals surface area contributed by atoms with Gasteiger partial charge in [0.05, 0.1) is 12.2 Å². The summed E-state index contributed by atoms with van der Waals surface area (Å²) >= 11 is 0. The van der Waals surface area contributed by atoms with Crippen LogP contribution < -0.4 is 4.90 Å². The predicted octanol–water partition coefficient (Wildman–Crippen LogP) is 1.69. The van der Waals surface area contributed by atoms with Gasteiger partial charge in [-0.1, -0.05) is 12.1 Å². The van der Waals surface area contributed by atoms with E-state index < -0.39 is 0 Å². The number of para-hydroxylation sites is 1. The van der Waals surface area contributed by atoms with Gasteiger partial charge in [-0.15, -0.1) is 10.2 Å². The number of halogens is 1. The Kier molecular flexibility index (Phi) is 3.54. The number of benzene rings is 1. The van der Waals surface area contributed by atoms with Crippen LogP contribution in [0.1, 0.15) is 18.1 Å². The van der Waals surface area contributed by atoms with E-state index >= 15 is 0 Å². The molecule has 1 aromatic heterocycles. The molecular weight excluding hydrogens is 281 g/mol. The van der Waals surface area contributed by atoms with Gasteiger partial charge in [-0.05, 0) is 18.6 Å². The van der Waals surface area contributed by atoms with Crippen LogP contribution in [0.5, 0.6) is 0 Å². The Labute approximate surface area is 129 Å². The third-order valence-electron chi connectivity index (χ3n) is 4.62. The van der Waals surface area contributed by atoms with Crippen molar-refractivity contribution in [2.45, 2.75) is 25.9 Å². The number of nitrogens with zero attached hydrogens (tertiary/aromatic N) is 5. The fourth-order valence-corrected chi connectivity index (χ4v) is 3.38. The maximum atomic E-state index is 13.8. The Hall–Kier alpha value is -1.95. The van der Waals surface area contributed by atoms with E-state index in [0.717, 1.165) is 57.3 Å².